The van der Waals surface area contributed by atoms with Gasteiger partial charge in [0.05, 0.1) is 0 Å². The number of alkyl carbamates (subject to hydrolysis) is 1. The van der Waals surface area contributed by atoms with Gasteiger partial charge in [0.2, 0.25) is 0 Å². The number of halogens is 1. The van der Waals surface area contributed by atoms with Crippen LogP contribution in [0.3, 0.4) is 0 Å². The van der Waals surface area contributed by atoms with Crippen molar-refractivity contribution in [1.82, 2.24) is 15.5 Å². The quantitative estimate of drug-likeness (QED) is 0.520. The second-order valence-electron chi connectivity index (χ2n) is 8.18. The summed E-state index contributed by atoms with van der Waals surface area (Å²) < 4.78 is 23.1. The highest BCUT2D eigenvalue weighted by atomic mass is 19.1. The molecule has 1 aromatic carbocycles. The zero-order chi connectivity index (χ0) is 23.9. The predicted molar refractivity (Wildman–Crippen MR) is 122 cm³/mol. The third-order valence-corrected chi connectivity index (χ3v) is 5.84. The number of nitrogens with two attached hydrogens (primary N) is 1. The topological polar surface area (TPSA) is 124 Å². The molecule has 0 saturated carbocycles. The minimum absolute atomic E-state index is 0.00984. The summed E-state index contributed by atoms with van der Waals surface area (Å²) in [5, 5.41) is 6.22. The maximum absolute atomic E-state index is 13.1. The number of hydrogen-bond donors (Lipinski definition) is 2. The number of carbonyl (C=O) groups excluding carboxylic acids is 2. The molecule has 178 valence electrons. The van der Waals surface area contributed by atoms with E-state index in [-0.39, 0.29) is 23.9 Å². The van der Waals surface area contributed by atoms with Crippen LogP contribution in [-0.4, -0.2) is 41.8 Å². The first-order chi connectivity index (χ1) is 16.5. The average Bonchev–Trinajstić information content (AvgIpc) is 3.34. The largest absolute Gasteiger partial charge is 0.441 e. The lowest BCUT2D eigenvalue weighted by molar-refractivity contribution is 0.0989. The van der Waals surface area contributed by atoms with E-state index in [9.17, 15) is 14.0 Å². The van der Waals surface area contributed by atoms with Crippen molar-refractivity contribution in [2.75, 3.05) is 24.5 Å². The van der Waals surface area contributed by atoms with Crippen molar-refractivity contribution in [3.8, 4) is 11.1 Å². The Kier molecular flexibility index (Phi) is 7.36. The van der Waals surface area contributed by atoms with Gasteiger partial charge in [0.1, 0.15) is 11.6 Å². The Morgan fingerprint density at radius 2 is 1.88 bits per heavy atom. The summed E-state index contributed by atoms with van der Waals surface area (Å²) in [5.74, 6) is 0.717. The van der Waals surface area contributed by atoms with E-state index < -0.39 is 12.0 Å². The number of rotatable bonds is 8. The zero-order valence-electron chi connectivity index (χ0n) is 18.6. The van der Waals surface area contributed by atoms with Crippen LogP contribution in [-0.2, 0) is 11.3 Å². The summed E-state index contributed by atoms with van der Waals surface area (Å²) >= 11 is 0. The number of nitrogens with zero attached hydrogens (tertiary/aromatic N) is 3. The molecular weight excluding hydrogens is 441 g/mol. The highest BCUT2D eigenvalue weighted by molar-refractivity contribution is 5.90. The molecule has 10 heteroatoms. The van der Waals surface area contributed by atoms with Gasteiger partial charge in [-0.15, -0.1) is 0 Å². The lowest BCUT2D eigenvalue weighted by Gasteiger charge is -2.32. The third kappa shape index (κ3) is 6.09. The Bertz CT molecular complexity index is 1110. The molecule has 3 heterocycles. The number of hydrogen-bond acceptors (Lipinski definition) is 7. The number of aromatic nitrogens is 2. The molecule has 2 aromatic heterocycles. The number of pyridine rings is 1. The summed E-state index contributed by atoms with van der Waals surface area (Å²) in [5.41, 5.74) is 6.97. The van der Waals surface area contributed by atoms with E-state index >= 15 is 0 Å². The van der Waals surface area contributed by atoms with Crippen LogP contribution in [0.5, 0.6) is 0 Å². The van der Waals surface area contributed by atoms with Crippen LogP contribution in [0.2, 0.25) is 0 Å². The molecule has 0 spiro atoms. The molecule has 0 aliphatic carbocycles. The number of amides is 2. The Hall–Kier alpha value is -3.95. The number of benzene rings is 1. The molecule has 3 aromatic rings. The van der Waals surface area contributed by atoms with Crippen molar-refractivity contribution in [2.45, 2.75) is 25.9 Å². The molecule has 0 unspecified atom stereocenters. The van der Waals surface area contributed by atoms with Gasteiger partial charge >= 0.3 is 6.09 Å². The zero-order valence-corrected chi connectivity index (χ0v) is 18.6. The Morgan fingerprint density at radius 3 is 2.53 bits per heavy atom. The van der Waals surface area contributed by atoms with Crippen LogP contribution in [0.4, 0.5) is 15.0 Å². The highest BCUT2D eigenvalue weighted by Gasteiger charge is 2.20. The van der Waals surface area contributed by atoms with Crippen molar-refractivity contribution in [2.24, 2.45) is 11.7 Å². The van der Waals surface area contributed by atoms with Gasteiger partial charge in [0.25, 0.3) is 5.91 Å². The lowest BCUT2D eigenvalue weighted by Crippen LogP contribution is -2.35. The molecular formula is C24H26FN5O4. The monoisotopic (exact) mass is 467 g/mol. The van der Waals surface area contributed by atoms with Crippen molar-refractivity contribution in [1.29, 1.82) is 0 Å². The first kappa shape index (κ1) is 23.2. The maximum Gasteiger partial charge on any atom is 0.407 e. The summed E-state index contributed by atoms with van der Waals surface area (Å²) in [6.45, 7) is 2.17. The molecule has 4 rings (SSSR count). The van der Waals surface area contributed by atoms with E-state index in [1.807, 2.05) is 18.3 Å². The Labute approximate surface area is 196 Å². The molecule has 2 amide bonds. The predicted octanol–water partition coefficient (Wildman–Crippen LogP) is 3.51. The number of piperidine rings is 1. The van der Waals surface area contributed by atoms with Crippen molar-refractivity contribution in [3.63, 3.8) is 0 Å². The Balaban J connectivity index is 1.15. The fourth-order valence-electron chi connectivity index (χ4n) is 3.90. The second-order valence-corrected chi connectivity index (χ2v) is 8.18. The van der Waals surface area contributed by atoms with E-state index in [2.05, 4.69) is 20.4 Å². The molecule has 0 radical (unpaired) electrons. The first-order valence-corrected chi connectivity index (χ1v) is 11.1. The minimum atomic E-state index is -0.705. The standard InChI is InChI=1S/C24H26FN5O4/c25-19-4-1-17(2-5-19)18-3-6-22(28-14-18)30-11-8-16(9-12-30)7-10-27-24(32)33-15-20-13-21(23(26)31)29-34-20/h1-6,13-14,16H,7-12,15H2,(H2,26,31)(H,27,32). The highest BCUT2D eigenvalue weighted by Crippen LogP contribution is 2.26. The van der Waals surface area contributed by atoms with Gasteiger partial charge in [0.15, 0.2) is 18.1 Å². The summed E-state index contributed by atoms with van der Waals surface area (Å²) in [6.07, 6.45) is 4.13. The number of nitrogens with one attached hydrogen (secondary N) is 1. The van der Waals surface area contributed by atoms with Crippen LogP contribution < -0.4 is 16.0 Å². The molecule has 0 atom stereocenters. The van der Waals surface area contributed by atoms with Crippen molar-refractivity contribution in [3.05, 3.63) is 65.9 Å². The number of ether oxygens (including phenoxy) is 1. The Morgan fingerprint density at radius 1 is 1.15 bits per heavy atom. The maximum atomic E-state index is 13.1. The SMILES string of the molecule is NC(=O)c1cc(COC(=O)NCCC2CCN(c3ccc(-c4ccc(F)cc4)cn3)CC2)on1. The molecule has 9 nitrogen and oxygen atoms in total. The third-order valence-electron chi connectivity index (χ3n) is 5.84. The normalized spacial score (nSPS) is 14.1. The minimum Gasteiger partial charge on any atom is -0.441 e. The fraction of sp³-hybridized carbons (Fsp3) is 0.333. The molecule has 1 aliphatic heterocycles. The van der Waals surface area contributed by atoms with Gasteiger partial charge in [-0.05, 0) is 55.0 Å². The van der Waals surface area contributed by atoms with E-state index in [1.165, 1.54) is 18.2 Å². The van der Waals surface area contributed by atoms with E-state index in [0.717, 1.165) is 49.3 Å². The molecule has 34 heavy (non-hydrogen) atoms. The summed E-state index contributed by atoms with van der Waals surface area (Å²) in [6, 6.07) is 11.7. The van der Waals surface area contributed by atoms with Gasteiger partial charge < -0.3 is 25.2 Å². The summed E-state index contributed by atoms with van der Waals surface area (Å²) in [4.78, 5) is 29.7. The van der Waals surface area contributed by atoms with Crippen molar-refractivity contribution >= 4 is 17.8 Å². The average molecular weight is 468 g/mol. The number of primary amides is 1. The van der Waals surface area contributed by atoms with Gasteiger partial charge in [-0.1, -0.05) is 17.3 Å². The van der Waals surface area contributed by atoms with Crippen LogP contribution in [0.1, 0.15) is 35.5 Å². The molecule has 3 N–H and O–H groups in total. The van der Waals surface area contributed by atoms with Crippen LogP contribution in [0.25, 0.3) is 11.1 Å². The summed E-state index contributed by atoms with van der Waals surface area (Å²) in [7, 11) is 0. The molecule has 1 fully saturated rings. The van der Waals surface area contributed by atoms with Gasteiger partial charge in [-0.3, -0.25) is 4.79 Å². The molecule has 0 bridgehead atoms. The van der Waals surface area contributed by atoms with Gasteiger partial charge in [-0.2, -0.15) is 0 Å². The van der Waals surface area contributed by atoms with E-state index in [1.54, 1.807) is 12.1 Å². The lowest BCUT2D eigenvalue weighted by atomic mass is 9.93. The fourth-order valence-corrected chi connectivity index (χ4v) is 3.90. The molecule has 1 saturated heterocycles. The number of carbonyl (C=O) groups is 2. The van der Waals surface area contributed by atoms with Crippen LogP contribution in [0.15, 0.2) is 53.2 Å². The second kappa shape index (κ2) is 10.8. The number of anilines is 1. The van der Waals surface area contributed by atoms with Crippen molar-refractivity contribution < 1.29 is 23.2 Å². The van der Waals surface area contributed by atoms with Crippen LogP contribution in [0, 0.1) is 11.7 Å². The first-order valence-electron chi connectivity index (χ1n) is 11.1. The van der Waals surface area contributed by atoms with Gasteiger partial charge in [0, 0.05) is 37.5 Å². The van der Waals surface area contributed by atoms with Crippen LogP contribution >= 0.6 is 0 Å². The molecule has 1 aliphatic rings. The van der Waals surface area contributed by atoms with E-state index in [0.29, 0.717) is 12.5 Å². The van der Waals surface area contributed by atoms with E-state index in [4.69, 9.17) is 15.0 Å². The smallest absolute Gasteiger partial charge is 0.407 e. The van der Waals surface area contributed by atoms with Gasteiger partial charge in [-0.25, -0.2) is 14.2 Å².